The quantitative estimate of drug-likeness (QED) is 0.0102. The molecule has 0 saturated heterocycles. The number of carbonyl (C=O) groups excluding carboxylic acids is 6. The highest BCUT2D eigenvalue weighted by molar-refractivity contribution is 6.18. The molecule has 2 amide bonds. The fraction of sp³-hybridized carbons (Fsp3) is 0.232. The van der Waals surface area contributed by atoms with Crippen molar-refractivity contribution in [3.63, 3.8) is 0 Å². The van der Waals surface area contributed by atoms with Crippen molar-refractivity contribution >= 4 is 64.9 Å². The summed E-state index contributed by atoms with van der Waals surface area (Å²) in [5.74, 6) is -8.31. The summed E-state index contributed by atoms with van der Waals surface area (Å²) in [7, 11) is 4.85. The molecule has 116 heavy (non-hydrogen) atoms. The predicted molar refractivity (Wildman–Crippen MR) is 406 cm³/mol. The van der Waals surface area contributed by atoms with Crippen LogP contribution in [0.5, 0.6) is 40.2 Å². The van der Waals surface area contributed by atoms with Gasteiger partial charge in [0.15, 0.2) is 5.69 Å². The minimum Gasteiger partial charge on any atom is -0.507 e. The molecule has 3 aliphatic carbocycles. The van der Waals surface area contributed by atoms with Crippen molar-refractivity contribution in [3.05, 3.63) is 274 Å². The van der Waals surface area contributed by atoms with Gasteiger partial charge in [0, 0.05) is 6.54 Å². The van der Waals surface area contributed by atoms with Gasteiger partial charge in [0.1, 0.15) is 121 Å². The molecule has 0 spiro atoms. The van der Waals surface area contributed by atoms with Gasteiger partial charge in [0.25, 0.3) is 11.8 Å². The van der Waals surface area contributed by atoms with Crippen LogP contribution in [0.2, 0.25) is 0 Å². The Morgan fingerprint density at radius 1 is 0.500 bits per heavy atom. The van der Waals surface area contributed by atoms with E-state index in [-0.39, 0.29) is 122 Å². The van der Waals surface area contributed by atoms with Crippen molar-refractivity contribution < 1.29 is 132 Å². The van der Waals surface area contributed by atoms with E-state index in [9.17, 15) is 69.1 Å². The fourth-order valence-electron chi connectivity index (χ4n) is 9.51. The number of amides is 2. The third kappa shape index (κ3) is 28.3. The number of hydrogen-bond donors (Lipinski definition) is 6. The van der Waals surface area contributed by atoms with Crippen LogP contribution in [0.3, 0.4) is 0 Å². The molecule has 12 rings (SSSR count). The molecule has 3 fully saturated rings. The Balaban J connectivity index is 0.000000219. The van der Waals surface area contributed by atoms with E-state index in [0.717, 1.165) is 118 Å². The number of hydrogen-bond acceptors (Lipinski definition) is 21. The number of carbonyl (C=O) groups is 8. The standard InChI is InChI=1S/C24H26FN5O3.C11H11FO3.C10H10ClFO3.2C10H9FO3.C9H7FO3.C8H7FO3/c1-13(2)21-20(26)22(23(27)31)30(29-21)16-6-3-14(4-7-16)12-28-24(32)18-11-15(25)5-10-19(18)33-17-8-9-17;1-14-11(13)9-6-7(12)2-5-10(9)15-8-3-4-8;1-14-10(13)8-6-7(12)2-3-9(8)15-5-4-11;11-6-1-4-9(14-7-2-3-7)8(5-6)10(12)13;1-3-14-9-5-4-7(11)6-8(9)10(12)13-2;1-2-13-8-4-3-6(10)5-7(8)9(11)12;1-12-8(11)6-4-5(9)2-3-7(6)10/h3-7,10-11,13,17H,8-9,12,26H2,1-2H3,(H2,27,31)(H,28,32);2,5-6,8H,3-4H2,1H3;2-3,6H,4-5H2,1H3;1,4-5,7H,2-3H2,(H,12,13);3-6H,1H2,2H3;2-5H,1H2,(H,11,12);2-4,10H,1H3. The monoisotopic (exact) mass is 1640 g/mol. The van der Waals surface area contributed by atoms with Gasteiger partial charge in [0.2, 0.25) is 0 Å². The third-order valence-electron chi connectivity index (χ3n) is 15.5. The summed E-state index contributed by atoms with van der Waals surface area (Å²) >= 11 is 5.43. The number of phenols is 1. The maximum Gasteiger partial charge on any atom is 0.341 e. The Morgan fingerprint density at radius 2 is 0.828 bits per heavy atom. The van der Waals surface area contributed by atoms with E-state index >= 15 is 0 Å². The number of nitrogens with zero attached hydrogens (tertiary/aromatic N) is 2. The zero-order valence-corrected chi connectivity index (χ0v) is 63.7. The molecule has 3 saturated carbocycles. The highest BCUT2D eigenvalue weighted by Crippen LogP contribution is 2.34. The Bertz CT molecular complexity index is 4980. The highest BCUT2D eigenvalue weighted by atomic mass is 35.5. The van der Waals surface area contributed by atoms with Crippen molar-refractivity contribution in [2.45, 2.75) is 83.1 Å². The minimum atomic E-state index is -1.24. The van der Waals surface area contributed by atoms with Crippen LogP contribution in [0.1, 0.15) is 153 Å². The number of aromatic hydroxyl groups is 1. The number of nitrogen functional groups attached to an aromatic ring is 1. The number of rotatable bonds is 25. The summed E-state index contributed by atoms with van der Waals surface area (Å²) in [6, 6.07) is 31.9. The lowest BCUT2D eigenvalue weighted by Gasteiger charge is -2.12. The van der Waals surface area contributed by atoms with Crippen LogP contribution in [0.15, 0.2) is 177 Å². The molecule has 0 radical (unpaired) electrons. The number of halogens is 8. The van der Waals surface area contributed by atoms with Crippen molar-refractivity contribution in [2.24, 2.45) is 5.73 Å². The molecule has 0 unspecified atom stereocenters. The molecule has 614 valence electrons. The molecular formula is C82H79ClF7N5O21. The van der Waals surface area contributed by atoms with Crippen molar-refractivity contribution in [1.82, 2.24) is 15.1 Å². The number of alkyl halides is 1. The maximum atomic E-state index is 13.7. The number of esters is 4. The van der Waals surface area contributed by atoms with Crippen molar-refractivity contribution in [2.75, 3.05) is 46.7 Å². The van der Waals surface area contributed by atoms with E-state index in [1.54, 1.807) is 24.3 Å². The van der Waals surface area contributed by atoms with Gasteiger partial charge >= 0.3 is 35.8 Å². The molecule has 3 aliphatic rings. The van der Waals surface area contributed by atoms with E-state index in [1.807, 2.05) is 13.8 Å². The van der Waals surface area contributed by atoms with Gasteiger partial charge in [-0.15, -0.1) is 11.6 Å². The van der Waals surface area contributed by atoms with E-state index in [1.165, 1.54) is 98.8 Å². The first-order valence-electron chi connectivity index (χ1n) is 34.6. The smallest absolute Gasteiger partial charge is 0.341 e. The van der Waals surface area contributed by atoms with Gasteiger partial charge in [0.05, 0.1) is 87.8 Å². The number of benzene rings is 8. The fourth-order valence-corrected chi connectivity index (χ4v) is 9.59. The topological polar surface area (TPSA) is 371 Å². The van der Waals surface area contributed by atoms with E-state index in [4.69, 9.17) is 66.8 Å². The predicted octanol–water partition coefficient (Wildman–Crippen LogP) is 15.2. The average molecular weight is 1640 g/mol. The second-order valence-electron chi connectivity index (χ2n) is 24.6. The lowest BCUT2D eigenvalue weighted by Crippen LogP contribution is -2.24. The number of methoxy groups -OCH3 is 4. The van der Waals surface area contributed by atoms with Gasteiger partial charge in [-0.05, 0) is 190 Å². The molecular weight excluding hydrogens is 1560 g/mol. The number of aromatic carboxylic acids is 2. The van der Waals surface area contributed by atoms with Crippen molar-refractivity contribution in [3.8, 4) is 45.9 Å². The van der Waals surface area contributed by atoms with Crippen LogP contribution >= 0.6 is 11.6 Å². The van der Waals surface area contributed by atoms with Crippen molar-refractivity contribution in [1.29, 1.82) is 0 Å². The number of nitrogens with one attached hydrogen (secondary N) is 1. The van der Waals surface area contributed by atoms with Gasteiger partial charge in [-0.25, -0.2) is 64.2 Å². The van der Waals surface area contributed by atoms with Gasteiger partial charge in [-0.1, -0.05) is 39.1 Å². The molecule has 1 heterocycles. The van der Waals surface area contributed by atoms with Crippen LogP contribution in [-0.2, 0) is 25.5 Å². The number of ether oxygens (including phenoxy) is 10. The lowest BCUT2D eigenvalue weighted by molar-refractivity contribution is 0.0586. The normalized spacial score (nSPS) is 11.9. The Labute approximate surface area is 664 Å². The number of anilines is 1. The van der Waals surface area contributed by atoms with Gasteiger partial charge in [-0.3, -0.25) is 9.59 Å². The number of primary amides is 1. The lowest BCUT2D eigenvalue weighted by atomic mass is 10.1. The first-order valence-corrected chi connectivity index (χ1v) is 35.2. The van der Waals surface area contributed by atoms with Crippen LogP contribution in [0, 0.1) is 40.7 Å². The molecule has 26 nitrogen and oxygen atoms in total. The number of carboxylic acid groups (broad SMARTS) is 2. The summed E-state index contributed by atoms with van der Waals surface area (Å²) in [4.78, 5) is 90.5. The summed E-state index contributed by atoms with van der Waals surface area (Å²) in [6.45, 7) is 10.9. The summed E-state index contributed by atoms with van der Waals surface area (Å²) in [6.07, 6.45) is 8.32. The largest absolute Gasteiger partial charge is 0.507 e. The van der Waals surface area contributed by atoms with Crippen LogP contribution in [0.4, 0.5) is 36.4 Å². The van der Waals surface area contributed by atoms with Crippen LogP contribution < -0.4 is 45.2 Å². The van der Waals surface area contributed by atoms with Gasteiger partial charge in [-0.2, -0.15) is 5.10 Å². The Hall–Kier alpha value is -13.6. The maximum absolute atomic E-state index is 13.7. The van der Waals surface area contributed by atoms with E-state index in [0.29, 0.717) is 22.9 Å². The van der Waals surface area contributed by atoms with Crippen LogP contribution in [0.25, 0.3) is 5.69 Å². The third-order valence-corrected chi connectivity index (χ3v) is 15.7. The SMILES string of the molecule is C=COc1ccc(F)cc1C(=O)O.C=COc1ccc(F)cc1C(=O)OC.CC(C)c1nn(-c2ccc(CNC(=O)c3cc(F)ccc3OC3CC3)cc2)c(C(N)=O)c1N.COC(=O)c1cc(F)ccc1O.COC(=O)c1cc(F)ccc1OC1CC1.COC(=O)c1cc(F)ccc1OCCCl.O=C(O)c1cc(F)ccc1OC1CC1. The van der Waals surface area contributed by atoms with E-state index in [2.05, 4.69) is 42.5 Å². The minimum absolute atomic E-state index is 0.0236. The molecule has 9 aromatic rings. The number of aromatic nitrogens is 2. The molecule has 0 aliphatic heterocycles. The first-order chi connectivity index (χ1) is 55.3. The molecule has 1 aromatic heterocycles. The zero-order valence-electron chi connectivity index (χ0n) is 62.9. The first kappa shape index (κ1) is 91.3. The van der Waals surface area contributed by atoms with E-state index < -0.39 is 88.4 Å². The second kappa shape index (κ2) is 44.6. The second-order valence-corrected chi connectivity index (χ2v) is 24.9. The number of phenolic OH excluding ortho intramolecular Hbond substituents is 1. The molecule has 0 atom stereocenters. The summed E-state index contributed by atoms with van der Waals surface area (Å²) in [5.41, 5.74) is 13.9. The average Bonchev–Trinajstić information content (AvgIpc) is 1.64. The van der Waals surface area contributed by atoms with Crippen LogP contribution in [-0.4, -0.2) is 132 Å². The molecule has 0 bridgehead atoms. The molecule has 8 N–H and O–H groups in total. The summed E-state index contributed by atoms with van der Waals surface area (Å²) in [5, 5.41) is 33.7. The summed E-state index contributed by atoms with van der Waals surface area (Å²) < 4.78 is 141. The van der Waals surface area contributed by atoms with Gasteiger partial charge < -0.3 is 79.5 Å². The number of nitrogens with two attached hydrogens (primary N) is 2. The Morgan fingerprint density at radius 3 is 1.21 bits per heavy atom. The molecule has 34 heteroatoms. The highest BCUT2D eigenvalue weighted by Gasteiger charge is 2.30. The zero-order chi connectivity index (χ0) is 85.5. The molecule has 8 aromatic carbocycles. The Kier molecular flexibility index (Phi) is 35.1. The number of carboxylic acids is 2.